The third-order valence-corrected chi connectivity index (χ3v) is 3.75. The minimum Gasteiger partial charge on any atom is -0.495 e. The highest BCUT2D eigenvalue weighted by Gasteiger charge is 2.32. The van der Waals surface area contributed by atoms with E-state index in [1.807, 2.05) is 30.9 Å². The van der Waals surface area contributed by atoms with Gasteiger partial charge in [0.25, 0.3) is 0 Å². The zero-order chi connectivity index (χ0) is 16.1. The van der Waals surface area contributed by atoms with Crippen molar-refractivity contribution in [3.63, 3.8) is 0 Å². The molecule has 0 aliphatic carbocycles. The van der Waals surface area contributed by atoms with Gasteiger partial charge in [-0.15, -0.1) is 0 Å². The molecule has 1 amide bonds. The Bertz CT molecular complexity index is 559. The third-order valence-electron chi connectivity index (χ3n) is 3.75. The first-order valence-electron chi connectivity index (χ1n) is 7.40. The summed E-state index contributed by atoms with van der Waals surface area (Å²) < 4.78 is 10.3. The van der Waals surface area contributed by atoms with E-state index >= 15 is 0 Å². The first-order valence-corrected chi connectivity index (χ1v) is 7.40. The van der Waals surface area contributed by atoms with Gasteiger partial charge in [0.2, 0.25) is 5.91 Å². The number of amides is 1. The Hall–Kier alpha value is -2.08. The molecule has 1 aliphatic rings. The van der Waals surface area contributed by atoms with E-state index in [9.17, 15) is 9.59 Å². The molecule has 1 atom stereocenters. The maximum Gasteiger partial charge on any atom is 0.323 e. The van der Waals surface area contributed by atoms with Crippen molar-refractivity contribution in [2.45, 2.75) is 26.3 Å². The number of cyclic esters (lactones) is 1. The average Bonchev–Trinajstić information content (AvgIpc) is 2.49. The summed E-state index contributed by atoms with van der Waals surface area (Å²) in [4.78, 5) is 26.1. The number of methoxy groups -OCH3 is 1. The number of hydrogen-bond donors (Lipinski definition) is 1. The number of hydrogen-bond acceptors (Lipinski definition) is 5. The largest absolute Gasteiger partial charge is 0.495 e. The fourth-order valence-electron chi connectivity index (χ4n) is 2.55. The molecule has 1 N–H and O–H groups in total. The Morgan fingerprint density at radius 2 is 2.27 bits per heavy atom. The number of morpholine rings is 1. The summed E-state index contributed by atoms with van der Waals surface area (Å²) in [5, 5.41) is 2.82. The van der Waals surface area contributed by atoms with E-state index in [0.29, 0.717) is 31.1 Å². The van der Waals surface area contributed by atoms with Crippen molar-refractivity contribution in [2.75, 3.05) is 32.1 Å². The molecule has 2 rings (SSSR count). The third kappa shape index (κ3) is 3.76. The Labute approximate surface area is 130 Å². The molecule has 0 saturated carbocycles. The normalized spacial score (nSPS) is 18.7. The molecule has 1 aromatic rings. The van der Waals surface area contributed by atoms with Gasteiger partial charge in [0.1, 0.15) is 18.4 Å². The molecule has 6 nitrogen and oxygen atoms in total. The summed E-state index contributed by atoms with van der Waals surface area (Å²) in [6.45, 7) is 5.66. The second-order valence-corrected chi connectivity index (χ2v) is 5.27. The Balaban J connectivity index is 2.06. The van der Waals surface area contributed by atoms with Crippen LogP contribution in [0.5, 0.6) is 5.75 Å². The number of benzene rings is 1. The molecule has 1 heterocycles. The SMILES string of the molecule is CCN1CCOC(=O)C1CC(=O)Nc1cc(C)ccc1OC. The molecule has 0 spiro atoms. The second kappa shape index (κ2) is 7.26. The van der Waals surface area contributed by atoms with E-state index in [1.165, 1.54) is 0 Å². The lowest BCUT2D eigenvalue weighted by Crippen LogP contribution is -2.50. The second-order valence-electron chi connectivity index (χ2n) is 5.27. The van der Waals surface area contributed by atoms with Crippen LogP contribution in [-0.4, -0.2) is 49.6 Å². The van der Waals surface area contributed by atoms with Crippen molar-refractivity contribution in [1.82, 2.24) is 4.90 Å². The Kier molecular flexibility index (Phi) is 5.38. The number of carbonyl (C=O) groups excluding carboxylic acids is 2. The highest BCUT2D eigenvalue weighted by Crippen LogP contribution is 2.25. The molecule has 120 valence electrons. The first-order chi connectivity index (χ1) is 10.5. The van der Waals surface area contributed by atoms with Crippen molar-refractivity contribution in [3.8, 4) is 5.75 Å². The number of nitrogens with zero attached hydrogens (tertiary/aromatic N) is 1. The molecule has 0 aromatic heterocycles. The van der Waals surface area contributed by atoms with Crippen molar-refractivity contribution in [1.29, 1.82) is 0 Å². The number of rotatable bonds is 5. The minimum absolute atomic E-state index is 0.0732. The van der Waals surface area contributed by atoms with Gasteiger partial charge in [-0.3, -0.25) is 14.5 Å². The number of likely N-dealkylation sites (N-methyl/N-ethyl adjacent to an activating group) is 1. The van der Waals surface area contributed by atoms with Gasteiger partial charge in [0.05, 0.1) is 19.2 Å². The Morgan fingerprint density at radius 3 is 2.95 bits per heavy atom. The molecule has 1 saturated heterocycles. The maximum atomic E-state index is 12.3. The van der Waals surface area contributed by atoms with Crippen LogP contribution in [0.2, 0.25) is 0 Å². The van der Waals surface area contributed by atoms with Crippen LogP contribution >= 0.6 is 0 Å². The molecule has 1 fully saturated rings. The number of ether oxygens (including phenoxy) is 2. The topological polar surface area (TPSA) is 67.9 Å². The number of aryl methyl sites for hydroxylation is 1. The van der Waals surface area contributed by atoms with Crippen LogP contribution in [0.3, 0.4) is 0 Å². The van der Waals surface area contributed by atoms with Crippen molar-refractivity contribution in [2.24, 2.45) is 0 Å². The van der Waals surface area contributed by atoms with E-state index in [0.717, 1.165) is 5.56 Å². The van der Waals surface area contributed by atoms with Gasteiger partial charge in [0.15, 0.2) is 0 Å². The number of carbonyl (C=O) groups is 2. The minimum atomic E-state index is -0.519. The molecular formula is C16H22N2O4. The quantitative estimate of drug-likeness (QED) is 0.837. The molecule has 0 bridgehead atoms. The molecule has 1 aliphatic heterocycles. The fourth-order valence-corrected chi connectivity index (χ4v) is 2.55. The summed E-state index contributed by atoms with van der Waals surface area (Å²) in [5.74, 6) is 0.0307. The van der Waals surface area contributed by atoms with Gasteiger partial charge in [0, 0.05) is 6.54 Å². The summed E-state index contributed by atoms with van der Waals surface area (Å²) in [7, 11) is 1.55. The molecular weight excluding hydrogens is 284 g/mol. The van der Waals surface area contributed by atoms with Gasteiger partial charge < -0.3 is 14.8 Å². The number of esters is 1. The van der Waals surface area contributed by atoms with Gasteiger partial charge in [-0.05, 0) is 31.2 Å². The molecule has 22 heavy (non-hydrogen) atoms. The monoisotopic (exact) mass is 306 g/mol. The predicted molar refractivity (Wildman–Crippen MR) is 83.0 cm³/mol. The van der Waals surface area contributed by atoms with Gasteiger partial charge in [-0.2, -0.15) is 0 Å². The summed E-state index contributed by atoms with van der Waals surface area (Å²) in [6, 6.07) is 5.03. The highest BCUT2D eigenvalue weighted by atomic mass is 16.5. The molecule has 6 heteroatoms. The fraction of sp³-hybridized carbons (Fsp3) is 0.500. The van der Waals surface area contributed by atoms with Crippen LogP contribution < -0.4 is 10.1 Å². The lowest BCUT2D eigenvalue weighted by atomic mass is 10.1. The van der Waals surface area contributed by atoms with Crippen molar-refractivity contribution >= 4 is 17.6 Å². The van der Waals surface area contributed by atoms with Crippen LogP contribution in [0.15, 0.2) is 18.2 Å². The van der Waals surface area contributed by atoms with E-state index in [1.54, 1.807) is 13.2 Å². The van der Waals surface area contributed by atoms with Crippen LogP contribution in [0.4, 0.5) is 5.69 Å². The van der Waals surface area contributed by atoms with E-state index in [-0.39, 0.29) is 18.3 Å². The van der Waals surface area contributed by atoms with Crippen LogP contribution in [0, 0.1) is 6.92 Å². The zero-order valence-electron chi connectivity index (χ0n) is 13.2. The van der Waals surface area contributed by atoms with Crippen molar-refractivity contribution < 1.29 is 19.1 Å². The van der Waals surface area contributed by atoms with E-state index in [2.05, 4.69) is 5.32 Å². The highest BCUT2D eigenvalue weighted by molar-refractivity contribution is 5.95. The van der Waals surface area contributed by atoms with Gasteiger partial charge in [-0.25, -0.2) is 0 Å². The smallest absolute Gasteiger partial charge is 0.323 e. The lowest BCUT2D eigenvalue weighted by Gasteiger charge is -2.32. The summed E-state index contributed by atoms with van der Waals surface area (Å²) in [5.41, 5.74) is 1.63. The summed E-state index contributed by atoms with van der Waals surface area (Å²) in [6.07, 6.45) is 0.0732. The molecule has 1 unspecified atom stereocenters. The zero-order valence-corrected chi connectivity index (χ0v) is 13.2. The predicted octanol–water partition coefficient (Wildman–Crippen LogP) is 1.58. The van der Waals surface area contributed by atoms with E-state index in [4.69, 9.17) is 9.47 Å². The lowest BCUT2D eigenvalue weighted by molar-refractivity contribution is -0.158. The molecule has 0 radical (unpaired) electrons. The number of nitrogens with one attached hydrogen (secondary N) is 1. The van der Waals surface area contributed by atoms with Crippen LogP contribution in [0.25, 0.3) is 0 Å². The van der Waals surface area contributed by atoms with Crippen LogP contribution in [0.1, 0.15) is 18.9 Å². The van der Waals surface area contributed by atoms with Crippen LogP contribution in [-0.2, 0) is 14.3 Å². The number of anilines is 1. The Morgan fingerprint density at radius 1 is 1.50 bits per heavy atom. The maximum absolute atomic E-state index is 12.3. The first kappa shape index (κ1) is 16.3. The van der Waals surface area contributed by atoms with Gasteiger partial charge in [-0.1, -0.05) is 13.0 Å². The van der Waals surface area contributed by atoms with Gasteiger partial charge >= 0.3 is 5.97 Å². The summed E-state index contributed by atoms with van der Waals surface area (Å²) >= 11 is 0. The molecule has 1 aromatic carbocycles. The average molecular weight is 306 g/mol. The van der Waals surface area contributed by atoms with Crippen molar-refractivity contribution in [3.05, 3.63) is 23.8 Å². The standard InChI is InChI=1S/C16H22N2O4/c1-4-18-7-8-22-16(20)13(18)10-15(19)17-12-9-11(2)5-6-14(12)21-3/h5-6,9,13H,4,7-8,10H2,1-3H3,(H,17,19). The van der Waals surface area contributed by atoms with E-state index < -0.39 is 6.04 Å².